The van der Waals surface area contributed by atoms with Crippen LogP contribution in [-0.2, 0) is 9.59 Å². The number of carbonyl (C=O) groups is 2. The van der Waals surface area contributed by atoms with Gasteiger partial charge in [0, 0.05) is 31.1 Å². The number of amides is 1. The molecule has 1 saturated heterocycles. The molecule has 0 aromatic heterocycles. The summed E-state index contributed by atoms with van der Waals surface area (Å²) >= 11 is 0. The lowest BCUT2D eigenvalue weighted by atomic mass is 9.78. The number of hydrogen-bond donors (Lipinski definition) is 2. The summed E-state index contributed by atoms with van der Waals surface area (Å²) < 4.78 is 0. The van der Waals surface area contributed by atoms with Crippen LogP contribution >= 0.6 is 0 Å². The van der Waals surface area contributed by atoms with Crippen molar-refractivity contribution in [1.29, 1.82) is 0 Å². The lowest BCUT2D eigenvalue weighted by Crippen LogP contribution is -2.51. The average Bonchev–Trinajstić information content (AvgIpc) is 2.69. The normalized spacial score (nSPS) is 24.0. The van der Waals surface area contributed by atoms with E-state index >= 15 is 0 Å². The summed E-state index contributed by atoms with van der Waals surface area (Å²) in [6, 6.07) is 15.4. The largest absolute Gasteiger partial charge is 0.481 e. The van der Waals surface area contributed by atoms with Crippen LogP contribution < -0.4 is 5.32 Å². The van der Waals surface area contributed by atoms with E-state index in [0.717, 1.165) is 12.8 Å². The third-order valence-electron chi connectivity index (χ3n) is 6.42. The molecule has 1 atom stereocenters. The first-order valence-corrected chi connectivity index (χ1v) is 10.3. The summed E-state index contributed by atoms with van der Waals surface area (Å²) in [5, 5.41) is 15.3. The molecule has 2 fully saturated rings. The minimum atomic E-state index is -0.734. The number of nitrogens with zero attached hydrogens (tertiary/aromatic N) is 1. The Morgan fingerprint density at radius 1 is 1.04 bits per heavy atom. The van der Waals surface area contributed by atoms with Crippen LogP contribution in [0.1, 0.15) is 44.2 Å². The standard InChI is InChI=1S/C23H28N2O3/c1-15(20-8-4-6-16-5-2-3-7-21(16)20)24-19-13-18(14-19)22(26)25-11-9-17(10-12-25)23(27)28/h2-8,15,17-19,24H,9-14H2,1H3,(H,27,28)/t15-,18?,19?/m1/s1. The van der Waals surface area contributed by atoms with Crippen LogP contribution in [0.25, 0.3) is 10.8 Å². The predicted molar refractivity (Wildman–Crippen MR) is 109 cm³/mol. The van der Waals surface area contributed by atoms with Crippen molar-refractivity contribution in [2.24, 2.45) is 11.8 Å². The zero-order valence-electron chi connectivity index (χ0n) is 16.3. The molecule has 1 heterocycles. The van der Waals surface area contributed by atoms with Crippen LogP contribution in [0.4, 0.5) is 0 Å². The van der Waals surface area contributed by atoms with Crippen molar-refractivity contribution in [2.75, 3.05) is 13.1 Å². The number of rotatable bonds is 5. The Hall–Kier alpha value is -2.40. The second kappa shape index (κ2) is 7.92. The molecule has 0 spiro atoms. The third-order valence-corrected chi connectivity index (χ3v) is 6.42. The van der Waals surface area contributed by atoms with E-state index in [1.807, 2.05) is 4.90 Å². The van der Waals surface area contributed by atoms with Gasteiger partial charge in [-0.05, 0) is 48.9 Å². The van der Waals surface area contributed by atoms with Crippen molar-refractivity contribution in [1.82, 2.24) is 10.2 Å². The van der Waals surface area contributed by atoms with Gasteiger partial charge in [0.15, 0.2) is 0 Å². The molecule has 1 saturated carbocycles. The molecule has 0 radical (unpaired) electrons. The van der Waals surface area contributed by atoms with Crippen LogP contribution in [0.3, 0.4) is 0 Å². The Balaban J connectivity index is 1.30. The van der Waals surface area contributed by atoms with Crippen molar-refractivity contribution in [3.63, 3.8) is 0 Å². The molecule has 2 aromatic rings. The molecule has 4 rings (SSSR count). The topological polar surface area (TPSA) is 69.6 Å². The highest BCUT2D eigenvalue weighted by atomic mass is 16.4. The van der Waals surface area contributed by atoms with Crippen LogP contribution in [0, 0.1) is 11.8 Å². The maximum absolute atomic E-state index is 12.7. The summed E-state index contributed by atoms with van der Waals surface area (Å²) in [6.45, 7) is 3.35. The number of aliphatic carboxylic acids is 1. The Morgan fingerprint density at radius 2 is 1.71 bits per heavy atom. The molecule has 148 valence electrons. The maximum Gasteiger partial charge on any atom is 0.306 e. The molecule has 1 aliphatic carbocycles. The molecule has 2 aliphatic rings. The number of carbonyl (C=O) groups excluding carboxylic acids is 1. The number of fused-ring (bicyclic) bond motifs is 1. The molecule has 1 aliphatic heterocycles. The molecule has 2 aromatic carbocycles. The highest BCUT2D eigenvalue weighted by Crippen LogP contribution is 2.33. The van der Waals surface area contributed by atoms with Gasteiger partial charge in [0.05, 0.1) is 5.92 Å². The van der Waals surface area contributed by atoms with Crippen LogP contribution in [0.15, 0.2) is 42.5 Å². The predicted octanol–water partition coefficient (Wildman–Crippen LogP) is 3.59. The van der Waals surface area contributed by atoms with Crippen molar-refractivity contribution in [3.8, 4) is 0 Å². The van der Waals surface area contributed by atoms with Gasteiger partial charge in [0.2, 0.25) is 5.91 Å². The Kier molecular flexibility index (Phi) is 5.36. The van der Waals surface area contributed by atoms with Gasteiger partial charge in [-0.2, -0.15) is 0 Å². The molecule has 5 nitrogen and oxygen atoms in total. The number of nitrogens with one attached hydrogen (secondary N) is 1. The Bertz CT molecular complexity index is 862. The second-order valence-electron chi connectivity index (χ2n) is 8.26. The maximum atomic E-state index is 12.7. The van der Waals surface area contributed by atoms with Crippen molar-refractivity contribution < 1.29 is 14.7 Å². The first-order chi connectivity index (χ1) is 13.5. The van der Waals surface area contributed by atoms with Gasteiger partial charge in [-0.3, -0.25) is 9.59 Å². The smallest absolute Gasteiger partial charge is 0.306 e. The van der Waals surface area contributed by atoms with Gasteiger partial charge in [-0.1, -0.05) is 42.5 Å². The fraction of sp³-hybridized carbons (Fsp3) is 0.478. The zero-order chi connectivity index (χ0) is 19.7. The third kappa shape index (κ3) is 3.76. The van der Waals surface area contributed by atoms with Crippen molar-refractivity contribution >= 4 is 22.6 Å². The summed E-state index contributed by atoms with van der Waals surface area (Å²) in [4.78, 5) is 25.6. The fourth-order valence-corrected chi connectivity index (χ4v) is 4.63. The van der Waals surface area contributed by atoms with Crippen molar-refractivity contribution in [2.45, 2.75) is 44.7 Å². The van der Waals surface area contributed by atoms with E-state index < -0.39 is 5.97 Å². The highest BCUT2D eigenvalue weighted by molar-refractivity contribution is 5.86. The Morgan fingerprint density at radius 3 is 2.43 bits per heavy atom. The van der Waals surface area contributed by atoms with E-state index in [1.165, 1.54) is 16.3 Å². The first kappa shape index (κ1) is 18.9. The van der Waals surface area contributed by atoms with Gasteiger partial charge in [0.25, 0.3) is 0 Å². The van der Waals surface area contributed by atoms with Crippen LogP contribution in [-0.4, -0.2) is 41.0 Å². The number of carboxylic acids is 1. The molecule has 0 bridgehead atoms. The van der Waals surface area contributed by atoms with E-state index in [1.54, 1.807) is 0 Å². The fourth-order valence-electron chi connectivity index (χ4n) is 4.63. The molecule has 5 heteroatoms. The van der Waals surface area contributed by atoms with Gasteiger partial charge in [-0.25, -0.2) is 0 Å². The quantitative estimate of drug-likeness (QED) is 0.832. The summed E-state index contributed by atoms with van der Waals surface area (Å²) in [7, 11) is 0. The average molecular weight is 380 g/mol. The number of benzene rings is 2. The molecule has 1 amide bonds. The van der Waals surface area contributed by atoms with E-state index in [-0.39, 0.29) is 23.8 Å². The highest BCUT2D eigenvalue weighted by Gasteiger charge is 2.38. The van der Waals surface area contributed by atoms with Gasteiger partial charge >= 0.3 is 5.97 Å². The lowest BCUT2D eigenvalue weighted by Gasteiger charge is -2.41. The van der Waals surface area contributed by atoms with Gasteiger partial charge in [0.1, 0.15) is 0 Å². The Labute approximate surface area is 165 Å². The number of carboxylic acid groups (broad SMARTS) is 1. The molecule has 0 unspecified atom stereocenters. The van der Waals surface area contributed by atoms with E-state index in [0.29, 0.717) is 32.0 Å². The second-order valence-corrected chi connectivity index (χ2v) is 8.26. The number of hydrogen-bond acceptors (Lipinski definition) is 3. The first-order valence-electron chi connectivity index (χ1n) is 10.3. The van der Waals surface area contributed by atoms with E-state index in [2.05, 4.69) is 54.7 Å². The van der Waals surface area contributed by atoms with E-state index in [9.17, 15) is 9.59 Å². The van der Waals surface area contributed by atoms with Crippen molar-refractivity contribution in [3.05, 3.63) is 48.0 Å². The molecule has 2 N–H and O–H groups in total. The summed E-state index contributed by atoms with van der Waals surface area (Å²) in [5.74, 6) is -0.734. The minimum Gasteiger partial charge on any atom is -0.481 e. The van der Waals surface area contributed by atoms with Crippen LogP contribution in [0.2, 0.25) is 0 Å². The van der Waals surface area contributed by atoms with Crippen LogP contribution in [0.5, 0.6) is 0 Å². The molecular formula is C23H28N2O3. The summed E-state index contributed by atoms with van der Waals surface area (Å²) in [6.07, 6.45) is 2.89. The summed E-state index contributed by atoms with van der Waals surface area (Å²) in [5.41, 5.74) is 1.30. The van der Waals surface area contributed by atoms with Gasteiger partial charge in [-0.15, -0.1) is 0 Å². The van der Waals surface area contributed by atoms with Gasteiger partial charge < -0.3 is 15.3 Å². The lowest BCUT2D eigenvalue weighted by molar-refractivity contribution is -0.148. The number of likely N-dealkylation sites (tertiary alicyclic amines) is 1. The SMILES string of the molecule is C[C@@H](NC1CC(C(=O)N2CCC(C(=O)O)CC2)C1)c1cccc2ccccc12. The monoisotopic (exact) mass is 380 g/mol. The van der Waals surface area contributed by atoms with E-state index in [4.69, 9.17) is 5.11 Å². The minimum absolute atomic E-state index is 0.0820. The molecule has 28 heavy (non-hydrogen) atoms. The molecular weight excluding hydrogens is 352 g/mol. The number of piperidine rings is 1. The zero-order valence-corrected chi connectivity index (χ0v) is 16.3.